The Morgan fingerprint density at radius 3 is 2.00 bits per heavy atom. The van der Waals surface area contributed by atoms with E-state index in [1.807, 2.05) is 0 Å². The van der Waals surface area contributed by atoms with Gasteiger partial charge < -0.3 is 0 Å². The molecule has 0 spiro atoms. The van der Waals surface area contributed by atoms with Crippen LogP contribution in [0.5, 0.6) is 0 Å². The van der Waals surface area contributed by atoms with Crippen molar-refractivity contribution in [1.82, 2.24) is 0 Å². The molecule has 0 unspecified atom stereocenters. The summed E-state index contributed by atoms with van der Waals surface area (Å²) in [7, 11) is 0. The van der Waals surface area contributed by atoms with Crippen LogP contribution >= 0.6 is 0 Å². The van der Waals surface area contributed by atoms with Gasteiger partial charge in [0, 0.05) is 0 Å². The molecule has 0 aliphatic carbocycles. The third-order valence-corrected chi connectivity index (χ3v) is 1.56. The topological polar surface area (TPSA) is 0 Å². The van der Waals surface area contributed by atoms with Crippen molar-refractivity contribution in [3.8, 4) is 0 Å². The fourth-order valence-corrected chi connectivity index (χ4v) is 0.838. The summed E-state index contributed by atoms with van der Waals surface area (Å²) in [6.07, 6.45) is 15.1. The molecule has 0 heterocycles. The van der Waals surface area contributed by atoms with Crippen molar-refractivity contribution in [3.05, 3.63) is 24.3 Å². The van der Waals surface area contributed by atoms with Gasteiger partial charge in [0.2, 0.25) is 0 Å². The fourth-order valence-electron chi connectivity index (χ4n) is 0.838. The third-order valence-electron chi connectivity index (χ3n) is 1.56. The number of unbranched alkanes of at least 4 members (excludes halogenated alkanes) is 3. The highest BCUT2D eigenvalue weighted by molar-refractivity contribution is 5.01. The molecule has 0 heteroatoms. The van der Waals surface area contributed by atoms with Gasteiger partial charge in [0.15, 0.2) is 0 Å². The van der Waals surface area contributed by atoms with Gasteiger partial charge in [-0.3, -0.25) is 0 Å². The van der Waals surface area contributed by atoms with Crippen molar-refractivity contribution in [2.45, 2.75) is 46.0 Å². The minimum absolute atomic E-state index is 1.21. The number of allylic oxidation sites excluding steroid dienone is 4. The molecule has 0 aromatic rings. The van der Waals surface area contributed by atoms with E-state index in [0.717, 1.165) is 0 Å². The van der Waals surface area contributed by atoms with Crippen LogP contribution in [0.3, 0.4) is 0 Å². The maximum Gasteiger partial charge on any atom is -0.0348 e. The molecule has 0 bridgehead atoms. The normalized spacial score (nSPS) is 11.8. The van der Waals surface area contributed by atoms with Crippen molar-refractivity contribution in [2.24, 2.45) is 0 Å². The molecule has 11 heavy (non-hydrogen) atoms. The molecule has 0 nitrogen and oxygen atoms in total. The van der Waals surface area contributed by atoms with Gasteiger partial charge >= 0.3 is 0 Å². The Balaban J connectivity index is 3.14. The predicted molar refractivity (Wildman–Crippen MR) is 52.7 cm³/mol. The molecule has 0 rings (SSSR count). The third kappa shape index (κ3) is 9.48. The first-order chi connectivity index (χ1) is 5.41. The predicted octanol–water partition coefficient (Wildman–Crippen LogP) is 4.09. The largest absolute Gasteiger partial charge is 0.0846 e. The smallest absolute Gasteiger partial charge is 0.0348 e. The molecular formula is C11H20. The van der Waals surface area contributed by atoms with E-state index in [1.54, 1.807) is 0 Å². The van der Waals surface area contributed by atoms with Gasteiger partial charge in [-0.1, -0.05) is 57.4 Å². The highest BCUT2D eigenvalue weighted by Crippen LogP contribution is 1.95. The Morgan fingerprint density at radius 1 is 0.818 bits per heavy atom. The summed E-state index contributed by atoms with van der Waals surface area (Å²) in [5, 5.41) is 0. The van der Waals surface area contributed by atoms with Gasteiger partial charge in [-0.05, 0) is 12.8 Å². The zero-order valence-corrected chi connectivity index (χ0v) is 7.84. The van der Waals surface area contributed by atoms with Crippen LogP contribution in [0.2, 0.25) is 0 Å². The Labute approximate surface area is 71.0 Å². The average Bonchev–Trinajstić information content (AvgIpc) is 2.03. The van der Waals surface area contributed by atoms with Gasteiger partial charge in [-0.2, -0.15) is 0 Å². The van der Waals surface area contributed by atoms with Crippen molar-refractivity contribution in [3.63, 3.8) is 0 Å². The second-order valence-corrected chi connectivity index (χ2v) is 2.79. The molecule has 0 aromatic heterocycles. The molecule has 0 N–H and O–H groups in total. The second kappa shape index (κ2) is 9.48. The Kier molecular flexibility index (Phi) is 9.03. The molecular weight excluding hydrogens is 132 g/mol. The maximum atomic E-state index is 2.25. The molecule has 64 valence electrons. The van der Waals surface area contributed by atoms with Crippen LogP contribution in [0, 0.1) is 0 Å². The first-order valence-corrected chi connectivity index (χ1v) is 4.73. The van der Waals surface area contributed by atoms with Crippen molar-refractivity contribution < 1.29 is 0 Å². The zero-order chi connectivity index (χ0) is 8.36. The van der Waals surface area contributed by atoms with Crippen molar-refractivity contribution in [1.29, 1.82) is 0 Å². The summed E-state index contributed by atoms with van der Waals surface area (Å²) in [5.74, 6) is 0. The first-order valence-electron chi connectivity index (χ1n) is 4.73. The SMILES string of the molecule is CCC/C=C\C=C\CCCC. The van der Waals surface area contributed by atoms with E-state index in [4.69, 9.17) is 0 Å². The fraction of sp³-hybridized carbons (Fsp3) is 0.636. The number of hydrogen-bond donors (Lipinski definition) is 0. The van der Waals surface area contributed by atoms with Crippen LogP contribution in [0.25, 0.3) is 0 Å². The summed E-state index contributed by atoms with van der Waals surface area (Å²) >= 11 is 0. The van der Waals surface area contributed by atoms with Crippen LogP contribution < -0.4 is 0 Å². The van der Waals surface area contributed by atoms with E-state index in [1.165, 1.54) is 32.1 Å². The van der Waals surface area contributed by atoms with Crippen LogP contribution in [-0.4, -0.2) is 0 Å². The Hall–Kier alpha value is -0.520. The van der Waals surface area contributed by atoms with Crippen LogP contribution in [-0.2, 0) is 0 Å². The Morgan fingerprint density at radius 2 is 1.45 bits per heavy atom. The molecule has 0 aliphatic heterocycles. The quantitative estimate of drug-likeness (QED) is 0.397. The summed E-state index contributed by atoms with van der Waals surface area (Å²) in [6, 6.07) is 0. The lowest BCUT2D eigenvalue weighted by Gasteiger charge is -1.85. The van der Waals surface area contributed by atoms with E-state index in [-0.39, 0.29) is 0 Å². The first kappa shape index (κ1) is 10.5. The summed E-state index contributed by atoms with van der Waals surface area (Å²) in [6.45, 7) is 4.42. The molecule has 0 aromatic carbocycles. The van der Waals surface area contributed by atoms with Gasteiger partial charge in [-0.25, -0.2) is 0 Å². The van der Waals surface area contributed by atoms with Gasteiger partial charge in [-0.15, -0.1) is 0 Å². The van der Waals surface area contributed by atoms with Crippen LogP contribution in [0.4, 0.5) is 0 Å². The van der Waals surface area contributed by atoms with E-state index < -0.39 is 0 Å². The average molecular weight is 152 g/mol. The Bertz CT molecular complexity index is 109. The minimum Gasteiger partial charge on any atom is -0.0846 e. The van der Waals surface area contributed by atoms with E-state index in [9.17, 15) is 0 Å². The van der Waals surface area contributed by atoms with E-state index in [2.05, 4.69) is 38.2 Å². The highest BCUT2D eigenvalue weighted by atomic mass is 13.8. The summed E-state index contributed by atoms with van der Waals surface area (Å²) in [5.41, 5.74) is 0. The van der Waals surface area contributed by atoms with Crippen molar-refractivity contribution in [2.75, 3.05) is 0 Å². The lowest BCUT2D eigenvalue weighted by Crippen LogP contribution is -1.65. The lowest BCUT2D eigenvalue weighted by molar-refractivity contribution is 0.815. The molecule has 0 atom stereocenters. The molecule has 0 aliphatic rings. The van der Waals surface area contributed by atoms with E-state index >= 15 is 0 Å². The molecule has 0 saturated heterocycles. The standard InChI is InChI=1S/C11H20/c1-3-5-7-9-11-10-8-6-4-2/h7,9-11H,3-6,8H2,1-2H3/b9-7-,11-10+. The molecule has 0 radical (unpaired) electrons. The second-order valence-electron chi connectivity index (χ2n) is 2.79. The molecule has 0 saturated carbocycles. The maximum absolute atomic E-state index is 2.25. The monoisotopic (exact) mass is 152 g/mol. The highest BCUT2D eigenvalue weighted by Gasteiger charge is 1.75. The molecule has 0 fully saturated rings. The summed E-state index contributed by atoms with van der Waals surface area (Å²) < 4.78 is 0. The van der Waals surface area contributed by atoms with Crippen LogP contribution in [0.1, 0.15) is 46.0 Å². The van der Waals surface area contributed by atoms with Crippen molar-refractivity contribution >= 4 is 0 Å². The number of hydrogen-bond acceptors (Lipinski definition) is 0. The van der Waals surface area contributed by atoms with E-state index in [0.29, 0.717) is 0 Å². The van der Waals surface area contributed by atoms with Crippen LogP contribution in [0.15, 0.2) is 24.3 Å². The van der Waals surface area contributed by atoms with Gasteiger partial charge in [0.1, 0.15) is 0 Å². The minimum atomic E-state index is 1.21. The zero-order valence-electron chi connectivity index (χ0n) is 7.84. The van der Waals surface area contributed by atoms with Gasteiger partial charge in [0.05, 0.1) is 0 Å². The lowest BCUT2D eigenvalue weighted by atomic mass is 10.2. The molecule has 0 amide bonds. The number of rotatable bonds is 6. The van der Waals surface area contributed by atoms with Gasteiger partial charge in [0.25, 0.3) is 0 Å². The summed E-state index contributed by atoms with van der Waals surface area (Å²) in [4.78, 5) is 0.